The van der Waals surface area contributed by atoms with Gasteiger partial charge in [0.25, 0.3) is 0 Å². The first-order valence-electron chi connectivity index (χ1n) is 6.10. The summed E-state index contributed by atoms with van der Waals surface area (Å²) in [5, 5.41) is 0. The largest absolute Gasteiger partial charge is 0.483 e. The van der Waals surface area contributed by atoms with Crippen molar-refractivity contribution in [2.75, 3.05) is 0 Å². The van der Waals surface area contributed by atoms with Gasteiger partial charge in [-0.3, -0.25) is 0 Å². The lowest BCUT2D eigenvalue weighted by molar-refractivity contribution is 0.178. The number of halogens is 3. The first kappa shape index (κ1) is 14.9. The van der Waals surface area contributed by atoms with Crippen molar-refractivity contribution >= 4 is 15.9 Å². The summed E-state index contributed by atoms with van der Waals surface area (Å²) in [6, 6.07) is 9.73. The maximum Gasteiger partial charge on any atom is 0.139 e. The van der Waals surface area contributed by atoms with Crippen molar-refractivity contribution in [3.63, 3.8) is 0 Å². The molecule has 0 heterocycles. The van der Waals surface area contributed by atoms with E-state index in [-0.39, 0.29) is 11.9 Å². The molecule has 106 valence electrons. The molecule has 0 fully saturated rings. The smallest absolute Gasteiger partial charge is 0.139 e. The van der Waals surface area contributed by atoms with Gasteiger partial charge in [0, 0.05) is 12.1 Å². The van der Waals surface area contributed by atoms with E-state index in [0.717, 1.165) is 5.56 Å². The Morgan fingerprint density at radius 1 is 1.05 bits per heavy atom. The van der Waals surface area contributed by atoms with Crippen LogP contribution in [0.15, 0.2) is 46.9 Å². The molecular weight excluding hydrogens is 328 g/mol. The minimum absolute atomic E-state index is 0.330. The second-order valence-electron chi connectivity index (χ2n) is 4.52. The number of nitrogens with two attached hydrogens (primary N) is 1. The zero-order valence-electron chi connectivity index (χ0n) is 10.8. The lowest BCUT2D eigenvalue weighted by Crippen LogP contribution is -2.29. The van der Waals surface area contributed by atoms with E-state index in [9.17, 15) is 8.78 Å². The zero-order chi connectivity index (χ0) is 14.7. The average Bonchev–Trinajstić information content (AvgIpc) is 2.40. The summed E-state index contributed by atoms with van der Waals surface area (Å²) in [5.74, 6) is -0.369. The Labute approximate surface area is 124 Å². The summed E-state index contributed by atoms with van der Waals surface area (Å²) >= 11 is 3.30. The maximum atomic E-state index is 13.3. The Morgan fingerprint density at radius 2 is 1.65 bits per heavy atom. The maximum absolute atomic E-state index is 13.3. The molecule has 5 heteroatoms. The van der Waals surface area contributed by atoms with Crippen molar-refractivity contribution in [3.8, 4) is 5.75 Å². The molecule has 2 aromatic rings. The highest BCUT2D eigenvalue weighted by atomic mass is 79.9. The van der Waals surface area contributed by atoms with Gasteiger partial charge in [0.2, 0.25) is 0 Å². The van der Waals surface area contributed by atoms with E-state index in [1.165, 1.54) is 24.3 Å². The molecule has 0 saturated carbocycles. The summed E-state index contributed by atoms with van der Waals surface area (Å²) in [7, 11) is 0. The fourth-order valence-corrected chi connectivity index (χ4v) is 2.18. The monoisotopic (exact) mass is 341 g/mol. The Kier molecular flexibility index (Phi) is 4.73. The molecule has 2 nitrogen and oxygen atoms in total. The van der Waals surface area contributed by atoms with Gasteiger partial charge in [0.15, 0.2) is 0 Å². The van der Waals surface area contributed by atoms with Gasteiger partial charge in [-0.15, -0.1) is 0 Å². The molecule has 20 heavy (non-hydrogen) atoms. The van der Waals surface area contributed by atoms with Crippen LogP contribution < -0.4 is 10.5 Å². The molecule has 0 aliphatic heterocycles. The summed E-state index contributed by atoms with van der Waals surface area (Å²) in [5.41, 5.74) is 6.65. The van der Waals surface area contributed by atoms with Crippen LogP contribution in [0.5, 0.6) is 5.75 Å². The second kappa shape index (κ2) is 6.33. The average molecular weight is 342 g/mol. The number of hydrogen-bond donors (Lipinski definition) is 1. The van der Waals surface area contributed by atoms with E-state index >= 15 is 0 Å². The lowest BCUT2D eigenvalue weighted by atomic mass is 10.0. The summed E-state index contributed by atoms with van der Waals surface area (Å²) in [6.07, 6.45) is -0.492. The Hall–Kier alpha value is -1.46. The Bertz CT molecular complexity index is 587. The molecule has 2 atom stereocenters. The van der Waals surface area contributed by atoms with Gasteiger partial charge in [-0.2, -0.15) is 0 Å². The molecule has 0 aliphatic carbocycles. The number of ether oxygens (including phenoxy) is 1. The molecule has 2 rings (SSSR count). The van der Waals surface area contributed by atoms with E-state index in [4.69, 9.17) is 10.5 Å². The van der Waals surface area contributed by atoms with E-state index in [1.807, 2.05) is 0 Å². The minimum Gasteiger partial charge on any atom is -0.483 e. The molecule has 0 amide bonds. The van der Waals surface area contributed by atoms with Crippen LogP contribution in [0.3, 0.4) is 0 Å². The topological polar surface area (TPSA) is 35.2 Å². The lowest BCUT2D eigenvalue weighted by Gasteiger charge is -2.23. The van der Waals surface area contributed by atoms with Gasteiger partial charge in [0.05, 0.1) is 4.47 Å². The van der Waals surface area contributed by atoms with Crippen molar-refractivity contribution in [1.29, 1.82) is 0 Å². The van der Waals surface area contributed by atoms with Crippen LogP contribution in [0.1, 0.15) is 18.6 Å². The fraction of sp³-hybridized carbons (Fsp3) is 0.200. The quantitative estimate of drug-likeness (QED) is 0.904. The Balaban J connectivity index is 2.30. The number of hydrogen-bond acceptors (Lipinski definition) is 2. The van der Waals surface area contributed by atoms with E-state index in [1.54, 1.807) is 25.1 Å². The van der Waals surface area contributed by atoms with Crippen molar-refractivity contribution < 1.29 is 13.5 Å². The molecule has 2 aromatic carbocycles. The van der Waals surface area contributed by atoms with Crippen LogP contribution in [-0.4, -0.2) is 6.04 Å². The van der Waals surface area contributed by atoms with Gasteiger partial charge in [-0.25, -0.2) is 8.78 Å². The van der Waals surface area contributed by atoms with Crippen molar-refractivity contribution in [2.45, 2.75) is 19.1 Å². The SMILES string of the molecule is CC(N)C(Oc1cc(F)ccc1Br)c1ccc(F)cc1. The molecule has 2 N–H and O–H groups in total. The molecule has 0 aliphatic rings. The van der Waals surface area contributed by atoms with Gasteiger partial charge in [-0.1, -0.05) is 12.1 Å². The Morgan fingerprint density at radius 3 is 2.25 bits per heavy atom. The van der Waals surface area contributed by atoms with Crippen LogP contribution in [0, 0.1) is 11.6 Å². The predicted molar refractivity (Wildman–Crippen MR) is 77.5 cm³/mol. The van der Waals surface area contributed by atoms with Crippen LogP contribution in [0.25, 0.3) is 0 Å². The molecule has 0 aromatic heterocycles. The number of benzene rings is 2. The first-order chi connectivity index (χ1) is 9.47. The zero-order valence-corrected chi connectivity index (χ0v) is 12.4. The van der Waals surface area contributed by atoms with Crippen LogP contribution in [-0.2, 0) is 0 Å². The summed E-state index contributed by atoms with van der Waals surface area (Å²) in [4.78, 5) is 0. The normalized spacial score (nSPS) is 13.8. The highest BCUT2D eigenvalue weighted by Gasteiger charge is 2.19. The van der Waals surface area contributed by atoms with Crippen LogP contribution in [0.4, 0.5) is 8.78 Å². The predicted octanol–water partition coefficient (Wildman–Crippen LogP) is 4.19. The van der Waals surface area contributed by atoms with Crippen molar-refractivity contribution in [2.24, 2.45) is 5.73 Å². The van der Waals surface area contributed by atoms with Crippen molar-refractivity contribution in [1.82, 2.24) is 0 Å². The summed E-state index contributed by atoms with van der Waals surface area (Å²) < 4.78 is 32.6. The number of rotatable bonds is 4. The highest BCUT2D eigenvalue weighted by Crippen LogP contribution is 2.31. The molecule has 2 unspecified atom stereocenters. The molecule has 0 saturated heterocycles. The van der Waals surface area contributed by atoms with Gasteiger partial charge < -0.3 is 10.5 Å². The third-order valence-corrected chi connectivity index (χ3v) is 3.48. The van der Waals surface area contributed by atoms with Gasteiger partial charge in [0.1, 0.15) is 23.5 Å². The van der Waals surface area contributed by atoms with Crippen molar-refractivity contribution in [3.05, 3.63) is 64.1 Å². The van der Waals surface area contributed by atoms with Gasteiger partial charge >= 0.3 is 0 Å². The summed E-state index contributed by atoms with van der Waals surface area (Å²) in [6.45, 7) is 1.78. The van der Waals surface area contributed by atoms with Gasteiger partial charge in [-0.05, 0) is 52.7 Å². The van der Waals surface area contributed by atoms with E-state index in [2.05, 4.69) is 15.9 Å². The molecule has 0 bridgehead atoms. The third kappa shape index (κ3) is 3.55. The van der Waals surface area contributed by atoms with E-state index < -0.39 is 11.9 Å². The molecular formula is C15H14BrF2NO. The first-order valence-corrected chi connectivity index (χ1v) is 6.89. The minimum atomic E-state index is -0.492. The fourth-order valence-electron chi connectivity index (χ4n) is 1.84. The highest BCUT2D eigenvalue weighted by molar-refractivity contribution is 9.10. The van der Waals surface area contributed by atoms with Crippen LogP contribution >= 0.6 is 15.9 Å². The van der Waals surface area contributed by atoms with Crippen LogP contribution in [0.2, 0.25) is 0 Å². The molecule has 0 radical (unpaired) electrons. The third-order valence-electron chi connectivity index (χ3n) is 2.82. The molecule has 0 spiro atoms. The van der Waals surface area contributed by atoms with E-state index in [0.29, 0.717) is 10.2 Å². The second-order valence-corrected chi connectivity index (χ2v) is 5.38. The standard InChI is InChI=1S/C15H14BrF2NO/c1-9(19)15(10-2-4-11(17)5-3-10)20-14-8-12(18)6-7-13(14)16/h2-9,15H,19H2,1H3.